The van der Waals surface area contributed by atoms with Gasteiger partial charge in [-0.2, -0.15) is 0 Å². The van der Waals surface area contributed by atoms with E-state index in [1.54, 1.807) is 18.1 Å². The third-order valence-electron chi connectivity index (χ3n) is 3.37. The maximum absolute atomic E-state index is 4.43. The van der Waals surface area contributed by atoms with Gasteiger partial charge in [0.2, 0.25) is 5.95 Å². The van der Waals surface area contributed by atoms with E-state index in [2.05, 4.69) is 36.6 Å². The highest BCUT2D eigenvalue weighted by Crippen LogP contribution is 2.33. The lowest BCUT2D eigenvalue weighted by Crippen LogP contribution is -2.28. The Kier molecular flexibility index (Phi) is 3.46. The van der Waals surface area contributed by atoms with Crippen molar-refractivity contribution in [3.05, 3.63) is 12.0 Å². The lowest BCUT2D eigenvalue weighted by molar-refractivity contribution is 0.640. The van der Waals surface area contributed by atoms with Crippen molar-refractivity contribution in [3.63, 3.8) is 0 Å². The predicted molar refractivity (Wildman–Crippen MR) is 76.0 cm³/mol. The zero-order valence-electron chi connectivity index (χ0n) is 11.3. The summed E-state index contributed by atoms with van der Waals surface area (Å²) in [4.78, 5) is 9.83. The molecule has 1 aliphatic heterocycles. The normalized spacial score (nSPS) is 13.5. The number of imidazole rings is 1. The number of aromatic nitrogens is 5. The number of hydrogen-bond acceptors (Lipinski definition) is 5. The molecule has 0 unspecified atom stereocenters. The molecule has 0 saturated heterocycles. The third kappa shape index (κ3) is 2.11. The zero-order valence-corrected chi connectivity index (χ0v) is 12.1. The summed E-state index contributed by atoms with van der Waals surface area (Å²) >= 11 is 1.63. The highest BCUT2D eigenvalue weighted by molar-refractivity contribution is 7.98. The molecule has 0 saturated carbocycles. The van der Waals surface area contributed by atoms with E-state index in [0.29, 0.717) is 0 Å². The van der Waals surface area contributed by atoms with Crippen molar-refractivity contribution in [2.24, 2.45) is 0 Å². The topological polar surface area (TPSA) is 62.6 Å². The summed E-state index contributed by atoms with van der Waals surface area (Å²) in [5.41, 5.74) is 1.14. The first kappa shape index (κ1) is 12.5. The van der Waals surface area contributed by atoms with Crippen molar-refractivity contribution in [2.75, 3.05) is 17.7 Å². The first-order valence-electron chi connectivity index (χ1n) is 6.62. The highest BCUT2D eigenvalue weighted by atomic mass is 32.2. The van der Waals surface area contributed by atoms with Gasteiger partial charge in [-0.1, -0.05) is 31.5 Å². The lowest BCUT2D eigenvalue weighted by atomic mass is 10.2. The first-order valence-corrected chi connectivity index (χ1v) is 7.84. The van der Waals surface area contributed by atoms with Crippen LogP contribution in [0, 0.1) is 0 Å². The SMILES string of the molecule is CCCCCN1c2nc[nH]c2Cn2c(SC)nnc21. The van der Waals surface area contributed by atoms with Crippen LogP contribution >= 0.6 is 11.8 Å². The fourth-order valence-corrected chi connectivity index (χ4v) is 2.90. The van der Waals surface area contributed by atoms with Gasteiger partial charge in [0.05, 0.1) is 18.6 Å². The molecule has 0 radical (unpaired) electrons. The molecule has 1 N–H and O–H groups in total. The number of fused-ring (bicyclic) bond motifs is 2. The van der Waals surface area contributed by atoms with Gasteiger partial charge >= 0.3 is 0 Å². The molecule has 19 heavy (non-hydrogen) atoms. The molecule has 0 spiro atoms. The van der Waals surface area contributed by atoms with Crippen LogP contribution in [-0.2, 0) is 6.54 Å². The Morgan fingerprint density at radius 3 is 3.05 bits per heavy atom. The fraction of sp³-hybridized carbons (Fsp3) is 0.583. The second-order valence-corrected chi connectivity index (χ2v) is 5.41. The molecule has 7 heteroatoms. The molecule has 3 rings (SSSR count). The van der Waals surface area contributed by atoms with Crippen LogP contribution in [-0.4, -0.2) is 37.5 Å². The summed E-state index contributed by atoms with van der Waals surface area (Å²) in [6.45, 7) is 3.93. The van der Waals surface area contributed by atoms with Crippen molar-refractivity contribution in [2.45, 2.75) is 37.9 Å². The highest BCUT2D eigenvalue weighted by Gasteiger charge is 2.28. The van der Waals surface area contributed by atoms with Crippen LogP contribution in [0.2, 0.25) is 0 Å². The molecule has 0 aliphatic carbocycles. The molecule has 2 aromatic heterocycles. The molecule has 0 fully saturated rings. The Hall–Kier alpha value is -1.50. The smallest absolute Gasteiger partial charge is 0.234 e. The van der Waals surface area contributed by atoms with E-state index >= 15 is 0 Å². The number of thioether (sulfide) groups is 1. The van der Waals surface area contributed by atoms with Gasteiger partial charge in [-0.25, -0.2) is 4.98 Å². The van der Waals surface area contributed by atoms with E-state index in [-0.39, 0.29) is 0 Å². The number of nitrogens with one attached hydrogen (secondary N) is 1. The van der Waals surface area contributed by atoms with Crippen LogP contribution in [0.5, 0.6) is 0 Å². The monoisotopic (exact) mass is 278 g/mol. The summed E-state index contributed by atoms with van der Waals surface area (Å²) in [7, 11) is 0. The van der Waals surface area contributed by atoms with Crippen molar-refractivity contribution >= 4 is 23.5 Å². The third-order valence-corrected chi connectivity index (χ3v) is 4.04. The van der Waals surface area contributed by atoms with Crippen LogP contribution in [0.15, 0.2) is 11.5 Å². The summed E-state index contributed by atoms with van der Waals surface area (Å²) in [6.07, 6.45) is 7.37. The minimum atomic E-state index is 0.776. The van der Waals surface area contributed by atoms with Crippen molar-refractivity contribution in [1.29, 1.82) is 0 Å². The number of anilines is 2. The van der Waals surface area contributed by atoms with Gasteiger partial charge in [0.15, 0.2) is 11.0 Å². The number of rotatable bonds is 5. The van der Waals surface area contributed by atoms with Crippen LogP contribution < -0.4 is 4.90 Å². The second kappa shape index (κ2) is 5.24. The molecule has 6 nitrogen and oxygen atoms in total. The van der Waals surface area contributed by atoms with Gasteiger partial charge in [-0.05, 0) is 12.7 Å². The average molecular weight is 278 g/mol. The van der Waals surface area contributed by atoms with Gasteiger partial charge in [0.25, 0.3) is 0 Å². The molecule has 0 aromatic carbocycles. The number of nitrogens with zero attached hydrogens (tertiary/aromatic N) is 5. The summed E-state index contributed by atoms with van der Waals surface area (Å²) in [6, 6.07) is 0. The summed E-state index contributed by atoms with van der Waals surface area (Å²) < 4.78 is 2.15. The molecular weight excluding hydrogens is 260 g/mol. The van der Waals surface area contributed by atoms with Gasteiger partial charge in [-0.3, -0.25) is 9.47 Å². The number of unbranched alkanes of at least 4 members (excludes halogenated alkanes) is 2. The molecule has 0 amide bonds. The van der Waals surface area contributed by atoms with Crippen molar-refractivity contribution < 1.29 is 0 Å². The second-order valence-electron chi connectivity index (χ2n) is 4.64. The van der Waals surface area contributed by atoms with E-state index in [4.69, 9.17) is 0 Å². The van der Waals surface area contributed by atoms with E-state index < -0.39 is 0 Å². The molecule has 0 atom stereocenters. The minimum absolute atomic E-state index is 0.776. The first-order chi connectivity index (χ1) is 9.35. The fourth-order valence-electron chi connectivity index (χ4n) is 2.41. The Morgan fingerprint density at radius 1 is 1.37 bits per heavy atom. The van der Waals surface area contributed by atoms with E-state index in [1.165, 1.54) is 12.8 Å². The van der Waals surface area contributed by atoms with Crippen LogP contribution in [0.3, 0.4) is 0 Å². The number of H-pyrrole nitrogens is 1. The predicted octanol–water partition coefficient (Wildman–Crippen LogP) is 2.41. The Morgan fingerprint density at radius 2 is 2.26 bits per heavy atom. The standard InChI is InChI=1S/C12H18N6S/c1-3-4-5-6-17-10-9(13-8-14-10)7-18-11(17)15-16-12(18)19-2/h8H,3-7H2,1-2H3,(H,13,14). The van der Waals surface area contributed by atoms with Crippen LogP contribution in [0.1, 0.15) is 31.9 Å². The molecule has 1 aliphatic rings. The number of hydrogen-bond donors (Lipinski definition) is 1. The number of aromatic amines is 1. The van der Waals surface area contributed by atoms with Crippen molar-refractivity contribution in [1.82, 2.24) is 24.7 Å². The Labute approximate surface area is 116 Å². The van der Waals surface area contributed by atoms with E-state index in [0.717, 1.165) is 42.1 Å². The summed E-state index contributed by atoms with van der Waals surface area (Å²) in [5, 5.41) is 9.53. The van der Waals surface area contributed by atoms with Gasteiger partial charge in [-0.15, -0.1) is 10.2 Å². The quantitative estimate of drug-likeness (QED) is 0.672. The Bertz CT molecular complexity index is 560. The molecule has 3 heterocycles. The molecule has 102 valence electrons. The van der Waals surface area contributed by atoms with Gasteiger partial charge in [0, 0.05) is 6.54 Å². The maximum Gasteiger partial charge on any atom is 0.234 e. The van der Waals surface area contributed by atoms with E-state index in [1.807, 2.05) is 6.26 Å². The molecule has 2 aromatic rings. The van der Waals surface area contributed by atoms with Crippen LogP contribution in [0.4, 0.5) is 11.8 Å². The average Bonchev–Trinajstić information content (AvgIpc) is 3.04. The summed E-state index contributed by atoms with van der Waals surface area (Å²) in [5.74, 6) is 1.92. The minimum Gasteiger partial charge on any atom is -0.345 e. The molecular formula is C12H18N6S. The van der Waals surface area contributed by atoms with Gasteiger partial charge in [0.1, 0.15) is 0 Å². The Balaban J connectivity index is 1.93. The molecule has 0 bridgehead atoms. The van der Waals surface area contributed by atoms with Gasteiger partial charge < -0.3 is 4.98 Å². The maximum atomic E-state index is 4.43. The van der Waals surface area contributed by atoms with Crippen molar-refractivity contribution in [3.8, 4) is 0 Å². The van der Waals surface area contributed by atoms with Crippen LogP contribution in [0.25, 0.3) is 0 Å². The largest absolute Gasteiger partial charge is 0.345 e. The van der Waals surface area contributed by atoms with E-state index in [9.17, 15) is 0 Å². The lowest BCUT2D eigenvalue weighted by Gasteiger charge is -2.27. The zero-order chi connectivity index (χ0) is 13.2.